The highest BCUT2D eigenvalue weighted by Gasteiger charge is 2.45. The molecule has 0 aromatic rings. The van der Waals surface area contributed by atoms with E-state index in [9.17, 15) is 0 Å². The molecule has 0 N–H and O–H groups in total. The molecule has 1 heteroatoms. The molecule has 0 aromatic heterocycles. The second-order valence-electron chi connectivity index (χ2n) is 1.96. The van der Waals surface area contributed by atoms with Gasteiger partial charge in [0.2, 0.25) is 0 Å². The molecule has 0 unspecified atom stereocenters. The van der Waals surface area contributed by atoms with E-state index in [0.29, 0.717) is 0 Å². The van der Waals surface area contributed by atoms with Crippen molar-refractivity contribution in [2.75, 3.05) is 0 Å². The Bertz CT molecular complexity index is 48.7. The van der Waals surface area contributed by atoms with Crippen molar-refractivity contribution < 1.29 is 0 Å². The van der Waals surface area contributed by atoms with Crippen molar-refractivity contribution >= 4 is 9.52 Å². The summed E-state index contributed by atoms with van der Waals surface area (Å²) < 4.78 is 0. The van der Waals surface area contributed by atoms with Gasteiger partial charge in [-0.15, -0.1) is 0 Å². The Morgan fingerprint density at radius 1 is 1.20 bits per heavy atom. The van der Waals surface area contributed by atoms with Crippen LogP contribution in [0.5, 0.6) is 0 Å². The molecular formula is C4H6Si. The molecule has 2 radical (unpaired) electrons. The maximum absolute atomic E-state index is 1.57. The summed E-state index contributed by atoms with van der Waals surface area (Å²) in [5.74, 6) is 0. The maximum atomic E-state index is 1.57. The van der Waals surface area contributed by atoms with Crippen LogP contribution in [0.25, 0.3) is 0 Å². The smallest absolute Gasteiger partial charge is 0.0448 e. The minimum Gasteiger partial charge on any atom is -0.0533 e. The minimum absolute atomic E-state index is 1.26. The Kier molecular flexibility index (Phi) is 0.247. The van der Waals surface area contributed by atoms with Crippen molar-refractivity contribution in [1.29, 1.82) is 0 Å². The highest BCUT2D eigenvalue weighted by molar-refractivity contribution is 6.55. The average Bonchev–Trinajstić information content (AvgIpc) is 1.74. The number of hydrogen-bond donors (Lipinski definition) is 0. The fourth-order valence-electron chi connectivity index (χ4n) is 0.886. The van der Waals surface area contributed by atoms with Crippen LogP contribution in [0.3, 0.4) is 0 Å². The summed E-state index contributed by atoms with van der Waals surface area (Å²) in [5, 5.41) is 0. The van der Waals surface area contributed by atoms with E-state index in [0.717, 1.165) is 0 Å². The topological polar surface area (TPSA) is 0 Å². The lowest BCUT2D eigenvalue weighted by molar-refractivity contribution is 0.594. The predicted molar refractivity (Wildman–Crippen MR) is 22.5 cm³/mol. The molecule has 2 atom stereocenters. The summed E-state index contributed by atoms with van der Waals surface area (Å²) in [4.78, 5) is 0. The third kappa shape index (κ3) is 0.165. The fraction of sp³-hybridized carbons (Fsp3) is 1.00. The van der Waals surface area contributed by atoms with Gasteiger partial charge in [-0.05, 0) is 11.1 Å². The molecule has 1 heterocycles. The van der Waals surface area contributed by atoms with Crippen molar-refractivity contribution in [3.63, 3.8) is 0 Å². The summed E-state index contributed by atoms with van der Waals surface area (Å²) in [5.41, 5.74) is 2.52. The molecule has 2 fully saturated rings. The van der Waals surface area contributed by atoms with E-state index in [-0.39, 0.29) is 0 Å². The van der Waals surface area contributed by atoms with Crippen molar-refractivity contribution in [3.05, 3.63) is 0 Å². The van der Waals surface area contributed by atoms with Gasteiger partial charge in [0.05, 0.1) is 0 Å². The number of rotatable bonds is 0. The molecule has 2 aliphatic rings. The SMILES string of the molecule is C1C[C@H]2[Si][C@@H]12. The molecule has 0 spiro atoms. The lowest BCUT2D eigenvalue weighted by atomic mass is 10.0. The van der Waals surface area contributed by atoms with Gasteiger partial charge in [0.15, 0.2) is 0 Å². The summed E-state index contributed by atoms with van der Waals surface area (Å²) >= 11 is 0. The zero-order valence-electron chi connectivity index (χ0n) is 3.07. The Balaban J connectivity index is 2.19. The first kappa shape index (κ1) is 2.40. The van der Waals surface area contributed by atoms with Crippen LogP contribution < -0.4 is 0 Å². The van der Waals surface area contributed by atoms with Gasteiger partial charge in [-0.3, -0.25) is 0 Å². The predicted octanol–water partition coefficient (Wildman–Crippen LogP) is 1.07. The lowest BCUT2D eigenvalue weighted by Crippen LogP contribution is -1.82. The lowest BCUT2D eigenvalue weighted by Gasteiger charge is -2.05. The van der Waals surface area contributed by atoms with Crippen LogP contribution in [0.4, 0.5) is 0 Å². The third-order valence-corrected chi connectivity index (χ3v) is 3.45. The monoisotopic (exact) mass is 82.0 g/mol. The maximum Gasteiger partial charge on any atom is 0.0448 e. The van der Waals surface area contributed by atoms with Crippen molar-refractivity contribution in [1.82, 2.24) is 0 Å². The van der Waals surface area contributed by atoms with E-state index >= 15 is 0 Å². The van der Waals surface area contributed by atoms with Gasteiger partial charge in [0.25, 0.3) is 0 Å². The highest BCUT2D eigenvalue weighted by Crippen LogP contribution is 2.59. The fourth-order valence-corrected chi connectivity index (χ4v) is 2.32. The van der Waals surface area contributed by atoms with Crippen LogP contribution >= 0.6 is 0 Å². The van der Waals surface area contributed by atoms with Gasteiger partial charge in [-0.2, -0.15) is 0 Å². The zero-order valence-corrected chi connectivity index (χ0v) is 4.07. The van der Waals surface area contributed by atoms with Gasteiger partial charge < -0.3 is 0 Å². The molecule has 0 amide bonds. The molecule has 1 aliphatic carbocycles. The first-order chi connectivity index (χ1) is 2.47. The Labute approximate surface area is 34.4 Å². The van der Waals surface area contributed by atoms with E-state index in [1.807, 2.05) is 0 Å². The summed E-state index contributed by atoms with van der Waals surface area (Å²) in [6, 6.07) is 0. The van der Waals surface area contributed by atoms with Gasteiger partial charge in [-0.25, -0.2) is 0 Å². The summed E-state index contributed by atoms with van der Waals surface area (Å²) in [7, 11) is 1.39. The normalized spacial score (nSPS) is 57.6. The molecule has 26 valence electrons. The van der Waals surface area contributed by atoms with E-state index < -0.39 is 0 Å². The Morgan fingerprint density at radius 3 is 1.80 bits per heavy atom. The Hall–Kier alpha value is 0.217. The Morgan fingerprint density at radius 2 is 1.80 bits per heavy atom. The first-order valence-corrected chi connectivity index (χ1v) is 3.38. The summed E-state index contributed by atoms with van der Waals surface area (Å²) in [6.07, 6.45) is 3.15. The molecule has 2 rings (SSSR count). The first-order valence-electron chi connectivity index (χ1n) is 2.23. The minimum atomic E-state index is 1.26. The van der Waals surface area contributed by atoms with E-state index in [1.54, 1.807) is 12.8 Å². The van der Waals surface area contributed by atoms with E-state index in [2.05, 4.69) is 0 Å². The quantitative estimate of drug-likeness (QED) is 0.383. The van der Waals surface area contributed by atoms with Crippen LogP contribution in [0.15, 0.2) is 0 Å². The van der Waals surface area contributed by atoms with E-state index in [1.165, 1.54) is 20.6 Å². The van der Waals surface area contributed by atoms with Crippen molar-refractivity contribution in [2.24, 2.45) is 0 Å². The molecule has 1 aliphatic heterocycles. The molecule has 0 nitrogen and oxygen atoms in total. The van der Waals surface area contributed by atoms with Crippen LogP contribution in [-0.2, 0) is 0 Å². The molecule has 0 bridgehead atoms. The van der Waals surface area contributed by atoms with Gasteiger partial charge in [-0.1, -0.05) is 12.8 Å². The standard InChI is InChI=1S/C4H6Si/c1-2-4-3(1)5-4/h3-4H,1-2H2/t3-,4+. The molecule has 0 aromatic carbocycles. The highest BCUT2D eigenvalue weighted by atomic mass is 28.2. The van der Waals surface area contributed by atoms with Crippen LogP contribution in [0.1, 0.15) is 12.8 Å². The van der Waals surface area contributed by atoms with Crippen molar-refractivity contribution in [2.45, 2.75) is 23.9 Å². The van der Waals surface area contributed by atoms with E-state index in [4.69, 9.17) is 0 Å². The average molecular weight is 82.2 g/mol. The van der Waals surface area contributed by atoms with Crippen LogP contribution in [0, 0.1) is 0 Å². The van der Waals surface area contributed by atoms with Gasteiger partial charge in [0, 0.05) is 9.52 Å². The largest absolute Gasteiger partial charge is 0.0533 e. The third-order valence-electron chi connectivity index (χ3n) is 1.59. The summed E-state index contributed by atoms with van der Waals surface area (Å²) in [6.45, 7) is 0. The van der Waals surface area contributed by atoms with Crippen molar-refractivity contribution in [3.8, 4) is 0 Å². The number of hydrogen-bond acceptors (Lipinski definition) is 0. The molecule has 5 heavy (non-hydrogen) atoms. The second kappa shape index (κ2) is 0.514. The molecule has 1 saturated carbocycles. The van der Waals surface area contributed by atoms with Gasteiger partial charge >= 0.3 is 0 Å². The van der Waals surface area contributed by atoms with Gasteiger partial charge in [0.1, 0.15) is 0 Å². The van der Waals surface area contributed by atoms with Crippen LogP contribution in [-0.4, -0.2) is 9.52 Å². The molecular weight excluding hydrogens is 76.1 g/mol. The van der Waals surface area contributed by atoms with Crippen LogP contribution in [0.2, 0.25) is 11.1 Å². The second-order valence-corrected chi connectivity index (χ2v) is 3.77. The zero-order chi connectivity index (χ0) is 3.28. The molecule has 1 saturated heterocycles. The number of fused-ring (bicyclic) bond motifs is 1.